The lowest BCUT2D eigenvalue weighted by Crippen LogP contribution is -2.26. The standard InChI is InChI=1S/C14H16N4O2S/c1-2-18-8-9(7-15-18)12(19)17-14-11(5-6-21-14)13(20)16-10-3-4-10/h5-8,10H,2-4H2,1H3,(H,16,20)(H,17,19). The number of thiophene rings is 1. The summed E-state index contributed by atoms with van der Waals surface area (Å²) in [5.74, 6) is -0.379. The first-order valence-corrected chi connectivity index (χ1v) is 7.77. The first-order valence-electron chi connectivity index (χ1n) is 6.89. The van der Waals surface area contributed by atoms with Crippen molar-refractivity contribution in [3.63, 3.8) is 0 Å². The van der Waals surface area contributed by atoms with Gasteiger partial charge in [0.15, 0.2) is 0 Å². The molecule has 1 fully saturated rings. The number of hydrogen-bond acceptors (Lipinski definition) is 4. The first-order chi connectivity index (χ1) is 10.2. The minimum Gasteiger partial charge on any atom is -0.349 e. The maximum Gasteiger partial charge on any atom is 0.259 e. The van der Waals surface area contributed by atoms with E-state index in [2.05, 4.69) is 15.7 Å². The van der Waals surface area contributed by atoms with Crippen LogP contribution in [-0.4, -0.2) is 27.6 Å². The van der Waals surface area contributed by atoms with Crippen molar-refractivity contribution in [1.29, 1.82) is 0 Å². The van der Waals surface area contributed by atoms with Crippen LogP contribution in [-0.2, 0) is 6.54 Å². The average molecular weight is 304 g/mol. The Balaban J connectivity index is 1.70. The molecule has 2 amide bonds. The van der Waals surface area contributed by atoms with Crippen LogP contribution >= 0.6 is 11.3 Å². The molecule has 2 aromatic rings. The Morgan fingerprint density at radius 2 is 2.24 bits per heavy atom. The van der Waals surface area contributed by atoms with E-state index < -0.39 is 0 Å². The number of rotatable bonds is 5. The predicted molar refractivity (Wildman–Crippen MR) is 80.7 cm³/mol. The fourth-order valence-corrected chi connectivity index (χ4v) is 2.68. The van der Waals surface area contributed by atoms with Crippen LogP contribution in [0.15, 0.2) is 23.8 Å². The molecule has 1 aliphatic carbocycles. The molecule has 0 spiro atoms. The highest BCUT2D eigenvalue weighted by Gasteiger charge is 2.25. The van der Waals surface area contributed by atoms with Crippen LogP contribution in [0, 0.1) is 0 Å². The molecule has 3 rings (SSSR count). The zero-order valence-electron chi connectivity index (χ0n) is 11.6. The third kappa shape index (κ3) is 3.13. The molecular weight excluding hydrogens is 288 g/mol. The second-order valence-electron chi connectivity index (χ2n) is 4.95. The summed E-state index contributed by atoms with van der Waals surface area (Å²) in [4.78, 5) is 24.2. The number of aromatic nitrogens is 2. The molecule has 0 saturated heterocycles. The lowest BCUT2D eigenvalue weighted by Gasteiger charge is -2.05. The van der Waals surface area contributed by atoms with Gasteiger partial charge in [-0.3, -0.25) is 14.3 Å². The highest BCUT2D eigenvalue weighted by Crippen LogP contribution is 2.26. The molecule has 0 aliphatic heterocycles. The monoisotopic (exact) mass is 304 g/mol. The van der Waals surface area contributed by atoms with Crippen molar-refractivity contribution in [3.8, 4) is 0 Å². The normalized spacial score (nSPS) is 14.0. The summed E-state index contributed by atoms with van der Waals surface area (Å²) in [6.07, 6.45) is 5.28. The Kier molecular flexibility index (Phi) is 3.74. The van der Waals surface area contributed by atoms with Gasteiger partial charge in [0, 0.05) is 18.8 Å². The summed E-state index contributed by atoms with van der Waals surface area (Å²) >= 11 is 1.34. The molecule has 21 heavy (non-hydrogen) atoms. The molecule has 110 valence electrons. The number of hydrogen-bond donors (Lipinski definition) is 2. The topological polar surface area (TPSA) is 76.0 Å². The third-order valence-electron chi connectivity index (χ3n) is 3.27. The summed E-state index contributed by atoms with van der Waals surface area (Å²) in [6, 6.07) is 2.02. The van der Waals surface area contributed by atoms with Crippen LogP contribution in [0.5, 0.6) is 0 Å². The molecular formula is C14H16N4O2S. The molecule has 0 aromatic carbocycles. The number of aryl methyl sites for hydroxylation is 1. The van der Waals surface area contributed by atoms with Crippen molar-refractivity contribution in [2.45, 2.75) is 32.4 Å². The van der Waals surface area contributed by atoms with Gasteiger partial charge < -0.3 is 10.6 Å². The van der Waals surface area contributed by atoms with Crippen molar-refractivity contribution in [2.24, 2.45) is 0 Å². The first kappa shape index (κ1) is 13.8. The van der Waals surface area contributed by atoms with E-state index in [0.29, 0.717) is 28.7 Å². The lowest BCUT2D eigenvalue weighted by atomic mass is 10.2. The fraction of sp³-hybridized carbons (Fsp3) is 0.357. The Morgan fingerprint density at radius 3 is 2.90 bits per heavy atom. The molecule has 2 N–H and O–H groups in total. The van der Waals surface area contributed by atoms with E-state index in [-0.39, 0.29) is 11.8 Å². The number of carbonyl (C=O) groups excluding carboxylic acids is 2. The second kappa shape index (κ2) is 5.69. The molecule has 0 bridgehead atoms. The molecule has 0 atom stereocenters. The minimum absolute atomic E-state index is 0.127. The van der Waals surface area contributed by atoms with Gasteiger partial charge in [0.1, 0.15) is 5.00 Å². The van der Waals surface area contributed by atoms with E-state index in [4.69, 9.17) is 0 Å². The van der Waals surface area contributed by atoms with Crippen molar-refractivity contribution in [2.75, 3.05) is 5.32 Å². The van der Waals surface area contributed by atoms with Crippen molar-refractivity contribution in [1.82, 2.24) is 15.1 Å². The maximum absolute atomic E-state index is 12.2. The van der Waals surface area contributed by atoms with Crippen LogP contribution < -0.4 is 10.6 Å². The smallest absolute Gasteiger partial charge is 0.259 e. The van der Waals surface area contributed by atoms with Crippen LogP contribution in [0.1, 0.15) is 40.5 Å². The zero-order valence-corrected chi connectivity index (χ0v) is 12.4. The quantitative estimate of drug-likeness (QED) is 0.888. The van der Waals surface area contributed by atoms with Gasteiger partial charge in [-0.1, -0.05) is 0 Å². The number of nitrogens with zero attached hydrogens (tertiary/aromatic N) is 2. The predicted octanol–water partition coefficient (Wildman–Crippen LogP) is 2.11. The van der Waals surface area contributed by atoms with Gasteiger partial charge in [-0.2, -0.15) is 5.10 Å². The summed E-state index contributed by atoms with van der Waals surface area (Å²) in [6.45, 7) is 2.66. The van der Waals surface area contributed by atoms with Gasteiger partial charge in [-0.05, 0) is 31.2 Å². The van der Waals surface area contributed by atoms with E-state index in [0.717, 1.165) is 12.8 Å². The SMILES string of the molecule is CCn1cc(C(=O)Nc2sccc2C(=O)NC2CC2)cn1. The van der Waals surface area contributed by atoms with Crippen molar-refractivity contribution in [3.05, 3.63) is 35.0 Å². The molecule has 1 saturated carbocycles. The largest absolute Gasteiger partial charge is 0.349 e. The third-order valence-corrected chi connectivity index (χ3v) is 4.10. The van der Waals surface area contributed by atoms with E-state index in [9.17, 15) is 9.59 Å². The lowest BCUT2D eigenvalue weighted by molar-refractivity contribution is 0.0952. The molecule has 2 heterocycles. The fourth-order valence-electron chi connectivity index (χ4n) is 1.90. The van der Waals surface area contributed by atoms with Gasteiger partial charge >= 0.3 is 0 Å². The van der Waals surface area contributed by atoms with Crippen LogP contribution in [0.4, 0.5) is 5.00 Å². The zero-order chi connectivity index (χ0) is 14.8. The van der Waals surface area contributed by atoms with Crippen LogP contribution in [0.3, 0.4) is 0 Å². The molecule has 0 radical (unpaired) electrons. The van der Waals surface area contributed by atoms with Crippen molar-refractivity contribution >= 4 is 28.2 Å². The Morgan fingerprint density at radius 1 is 1.43 bits per heavy atom. The summed E-state index contributed by atoms with van der Waals surface area (Å²) < 4.78 is 1.68. The average Bonchev–Trinajstić information content (AvgIpc) is 2.99. The second-order valence-corrected chi connectivity index (χ2v) is 5.87. The molecule has 0 unspecified atom stereocenters. The van der Waals surface area contributed by atoms with E-state index in [1.807, 2.05) is 6.92 Å². The van der Waals surface area contributed by atoms with Gasteiger partial charge in [0.25, 0.3) is 11.8 Å². The van der Waals surface area contributed by atoms with Gasteiger partial charge in [0.05, 0.1) is 17.3 Å². The van der Waals surface area contributed by atoms with E-state index >= 15 is 0 Å². The molecule has 6 nitrogen and oxygen atoms in total. The highest BCUT2D eigenvalue weighted by atomic mass is 32.1. The van der Waals surface area contributed by atoms with Gasteiger partial charge in [0.2, 0.25) is 0 Å². The van der Waals surface area contributed by atoms with Gasteiger partial charge in [-0.25, -0.2) is 0 Å². The Hall–Kier alpha value is -2.15. The molecule has 1 aliphatic rings. The van der Waals surface area contributed by atoms with Crippen LogP contribution in [0.2, 0.25) is 0 Å². The Bertz CT molecular complexity index is 672. The summed E-state index contributed by atoms with van der Waals surface area (Å²) in [5, 5.41) is 12.1. The van der Waals surface area contributed by atoms with Crippen LogP contribution in [0.25, 0.3) is 0 Å². The highest BCUT2D eigenvalue weighted by molar-refractivity contribution is 7.14. The number of anilines is 1. The van der Waals surface area contributed by atoms with E-state index in [1.165, 1.54) is 17.5 Å². The molecule has 7 heteroatoms. The summed E-state index contributed by atoms with van der Waals surface area (Å²) in [7, 11) is 0. The Labute approximate surface area is 126 Å². The summed E-state index contributed by atoms with van der Waals surface area (Å²) in [5.41, 5.74) is 1.00. The van der Waals surface area contributed by atoms with Crippen molar-refractivity contribution < 1.29 is 9.59 Å². The minimum atomic E-state index is -0.252. The van der Waals surface area contributed by atoms with E-state index in [1.54, 1.807) is 22.3 Å². The molecule has 2 aromatic heterocycles. The number of carbonyl (C=O) groups is 2. The number of nitrogens with one attached hydrogen (secondary N) is 2. The van der Waals surface area contributed by atoms with Gasteiger partial charge in [-0.15, -0.1) is 11.3 Å². The number of amides is 2. The maximum atomic E-state index is 12.2.